The molecule has 0 radical (unpaired) electrons. The summed E-state index contributed by atoms with van der Waals surface area (Å²) in [5.74, 6) is -0.796. The van der Waals surface area contributed by atoms with Crippen molar-refractivity contribution in [3.63, 3.8) is 0 Å². The van der Waals surface area contributed by atoms with Crippen LogP contribution in [-0.2, 0) is 6.54 Å². The molecule has 0 saturated carbocycles. The summed E-state index contributed by atoms with van der Waals surface area (Å²) in [5.41, 5.74) is 2.12. The number of aromatic nitrogens is 2. The maximum atomic E-state index is 13.6. The van der Waals surface area contributed by atoms with Crippen LogP contribution in [0.1, 0.15) is 46.8 Å². The number of nitrogens with zero attached hydrogens (tertiary/aromatic N) is 2. The number of hydrogen-bond acceptors (Lipinski definition) is 3. The smallest absolute Gasteiger partial charge is 0.255 e. The molecule has 0 bridgehead atoms. The highest BCUT2D eigenvalue weighted by atomic mass is 19.1. The highest BCUT2D eigenvalue weighted by Gasteiger charge is 2.20. The van der Waals surface area contributed by atoms with Gasteiger partial charge in [0.1, 0.15) is 5.82 Å². The van der Waals surface area contributed by atoms with Crippen molar-refractivity contribution in [2.24, 2.45) is 0 Å². The number of aliphatic hydroxyl groups is 1. The van der Waals surface area contributed by atoms with Gasteiger partial charge in [0.2, 0.25) is 0 Å². The zero-order chi connectivity index (χ0) is 17.0. The first-order valence-electron chi connectivity index (χ1n) is 7.70. The summed E-state index contributed by atoms with van der Waals surface area (Å²) in [6.07, 6.45) is -0.166. The van der Waals surface area contributed by atoms with Gasteiger partial charge in [-0.1, -0.05) is 25.1 Å². The molecular weight excluding hydrogens is 297 g/mol. The van der Waals surface area contributed by atoms with Crippen LogP contribution in [0.4, 0.5) is 4.39 Å². The quantitative estimate of drug-likeness (QED) is 0.860. The number of rotatable bonds is 6. The van der Waals surface area contributed by atoms with Crippen molar-refractivity contribution < 1.29 is 14.3 Å². The van der Waals surface area contributed by atoms with Crippen LogP contribution in [0, 0.1) is 19.7 Å². The molecule has 0 fully saturated rings. The van der Waals surface area contributed by atoms with Gasteiger partial charge >= 0.3 is 0 Å². The van der Waals surface area contributed by atoms with Gasteiger partial charge in [0.15, 0.2) is 0 Å². The van der Waals surface area contributed by atoms with E-state index in [0.29, 0.717) is 11.3 Å². The summed E-state index contributed by atoms with van der Waals surface area (Å²) in [7, 11) is 0. The fourth-order valence-electron chi connectivity index (χ4n) is 2.59. The number of nitrogens with one attached hydrogen (secondary N) is 1. The second kappa shape index (κ2) is 7.37. The molecule has 1 heterocycles. The number of carbonyl (C=O) groups is 1. The SMILES string of the molecule is CCCn1nc(C)c(C(=O)NCC(O)c2ccccc2F)c1C. The first-order chi connectivity index (χ1) is 11.0. The van der Waals surface area contributed by atoms with E-state index in [2.05, 4.69) is 10.4 Å². The topological polar surface area (TPSA) is 67.2 Å². The summed E-state index contributed by atoms with van der Waals surface area (Å²) in [4.78, 5) is 12.4. The van der Waals surface area contributed by atoms with Crippen molar-refractivity contribution in [3.8, 4) is 0 Å². The molecule has 1 aromatic heterocycles. The Balaban J connectivity index is 2.07. The van der Waals surface area contributed by atoms with Gasteiger partial charge in [0.05, 0.1) is 17.4 Å². The van der Waals surface area contributed by atoms with Gasteiger partial charge < -0.3 is 10.4 Å². The summed E-state index contributed by atoms with van der Waals surface area (Å²) < 4.78 is 15.4. The molecule has 1 atom stereocenters. The highest BCUT2D eigenvalue weighted by Crippen LogP contribution is 2.17. The first-order valence-corrected chi connectivity index (χ1v) is 7.70. The van der Waals surface area contributed by atoms with Crippen LogP contribution in [0.2, 0.25) is 0 Å². The summed E-state index contributed by atoms with van der Waals surface area (Å²) in [6, 6.07) is 5.98. The molecule has 6 heteroatoms. The van der Waals surface area contributed by atoms with E-state index < -0.39 is 11.9 Å². The van der Waals surface area contributed by atoms with Crippen LogP contribution in [0.15, 0.2) is 24.3 Å². The maximum Gasteiger partial charge on any atom is 0.255 e. The lowest BCUT2D eigenvalue weighted by Gasteiger charge is -2.13. The number of halogens is 1. The summed E-state index contributed by atoms with van der Waals surface area (Å²) >= 11 is 0. The lowest BCUT2D eigenvalue weighted by atomic mass is 10.1. The van der Waals surface area contributed by atoms with E-state index in [-0.39, 0.29) is 18.0 Å². The third-order valence-corrected chi connectivity index (χ3v) is 3.76. The standard InChI is InChI=1S/C17H22FN3O2/c1-4-9-21-12(3)16(11(2)20-21)17(23)19-10-15(22)13-7-5-6-8-14(13)18/h5-8,15,22H,4,9-10H2,1-3H3,(H,19,23). The van der Waals surface area contributed by atoms with E-state index in [1.165, 1.54) is 12.1 Å². The van der Waals surface area contributed by atoms with Crippen LogP contribution >= 0.6 is 0 Å². The Morgan fingerprint density at radius 3 is 2.74 bits per heavy atom. The second-order valence-corrected chi connectivity index (χ2v) is 5.52. The third kappa shape index (κ3) is 3.76. The molecule has 1 aromatic carbocycles. The normalized spacial score (nSPS) is 12.2. The van der Waals surface area contributed by atoms with E-state index in [9.17, 15) is 14.3 Å². The Morgan fingerprint density at radius 1 is 1.39 bits per heavy atom. The molecular formula is C17H22FN3O2. The van der Waals surface area contributed by atoms with E-state index in [0.717, 1.165) is 18.7 Å². The molecule has 1 amide bonds. The van der Waals surface area contributed by atoms with Crippen molar-refractivity contribution in [3.05, 3.63) is 52.6 Å². The minimum Gasteiger partial charge on any atom is -0.386 e. The molecule has 5 nitrogen and oxygen atoms in total. The third-order valence-electron chi connectivity index (χ3n) is 3.76. The van der Waals surface area contributed by atoms with Crippen molar-refractivity contribution in [1.29, 1.82) is 0 Å². The van der Waals surface area contributed by atoms with Gasteiger partial charge in [0.25, 0.3) is 5.91 Å². The molecule has 0 saturated heterocycles. The van der Waals surface area contributed by atoms with Crippen molar-refractivity contribution >= 4 is 5.91 Å². The Morgan fingerprint density at radius 2 is 2.09 bits per heavy atom. The minimum atomic E-state index is -1.09. The second-order valence-electron chi connectivity index (χ2n) is 5.52. The lowest BCUT2D eigenvalue weighted by molar-refractivity contribution is 0.0912. The molecule has 0 aliphatic heterocycles. The first kappa shape index (κ1) is 17.1. The van der Waals surface area contributed by atoms with Gasteiger partial charge in [-0.3, -0.25) is 9.48 Å². The highest BCUT2D eigenvalue weighted by molar-refractivity contribution is 5.96. The molecule has 124 valence electrons. The van der Waals surface area contributed by atoms with Gasteiger partial charge in [-0.05, 0) is 26.3 Å². The Hall–Kier alpha value is -2.21. The van der Waals surface area contributed by atoms with Crippen LogP contribution in [0.25, 0.3) is 0 Å². The van der Waals surface area contributed by atoms with Gasteiger partial charge in [-0.15, -0.1) is 0 Å². The Kier molecular flexibility index (Phi) is 5.50. The molecule has 0 spiro atoms. The number of carbonyl (C=O) groups excluding carboxylic acids is 1. The van der Waals surface area contributed by atoms with Crippen molar-refractivity contribution in [2.75, 3.05) is 6.54 Å². The molecule has 2 rings (SSSR count). The maximum absolute atomic E-state index is 13.6. The molecule has 23 heavy (non-hydrogen) atoms. The van der Waals surface area contributed by atoms with Crippen LogP contribution < -0.4 is 5.32 Å². The number of benzene rings is 1. The average molecular weight is 319 g/mol. The number of aryl methyl sites for hydroxylation is 2. The molecule has 0 aliphatic carbocycles. The monoisotopic (exact) mass is 319 g/mol. The van der Waals surface area contributed by atoms with Crippen LogP contribution in [-0.4, -0.2) is 27.3 Å². The van der Waals surface area contributed by atoms with E-state index >= 15 is 0 Å². The molecule has 1 unspecified atom stereocenters. The zero-order valence-corrected chi connectivity index (χ0v) is 13.6. The largest absolute Gasteiger partial charge is 0.386 e. The summed E-state index contributed by atoms with van der Waals surface area (Å²) in [6.45, 7) is 6.36. The van der Waals surface area contributed by atoms with Crippen LogP contribution in [0.5, 0.6) is 0 Å². The number of aliphatic hydroxyl groups excluding tert-OH is 1. The minimum absolute atomic E-state index is 0.0579. The predicted molar refractivity (Wildman–Crippen MR) is 85.7 cm³/mol. The van der Waals surface area contributed by atoms with E-state index in [1.807, 2.05) is 13.8 Å². The zero-order valence-electron chi connectivity index (χ0n) is 13.6. The summed E-state index contributed by atoms with van der Waals surface area (Å²) in [5, 5.41) is 17.1. The fraction of sp³-hybridized carbons (Fsp3) is 0.412. The Labute approximate surface area is 135 Å². The van der Waals surface area contributed by atoms with Crippen molar-refractivity contribution in [1.82, 2.24) is 15.1 Å². The van der Waals surface area contributed by atoms with Gasteiger partial charge in [-0.2, -0.15) is 5.10 Å². The average Bonchev–Trinajstić information content (AvgIpc) is 2.80. The van der Waals surface area contributed by atoms with Gasteiger partial charge in [-0.25, -0.2) is 4.39 Å². The van der Waals surface area contributed by atoms with Gasteiger partial charge in [0, 0.05) is 24.3 Å². The van der Waals surface area contributed by atoms with Crippen molar-refractivity contribution in [2.45, 2.75) is 39.8 Å². The molecule has 2 N–H and O–H groups in total. The van der Waals surface area contributed by atoms with E-state index in [1.54, 1.807) is 23.7 Å². The van der Waals surface area contributed by atoms with Crippen LogP contribution in [0.3, 0.4) is 0 Å². The lowest BCUT2D eigenvalue weighted by Crippen LogP contribution is -2.29. The fourth-order valence-corrected chi connectivity index (χ4v) is 2.59. The van der Waals surface area contributed by atoms with E-state index in [4.69, 9.17) is 0 Å². The predicted octanol–water partition coefficient (Wildman–Crippen LogP) is 2.51. The number of amides is 1. The Bertz CT molecular complexity index is 697. The molecule has 0 aliphatic rings. The number of hydrogen-bond donors (Lipinski definition) is 2. The molecule has 2 aromatic rings.